The molecule has 0 radical (unpaired) electrons. The average molecular weight is 415 g/mol. The number of nitrogens with one attached hydrogen (secondary N) is 1. The molecule has 4 fully saturated rings. The average Bonchev–Trinajstić information content (AvgIpc) is 3.03. The predicted molar refractivity (Wildman–Crippen MR) is 121 cm³/mol. The largest absolute Gasteiger partial charge is 0.393 e. The fourth-order valence-corrected chi connectivity index (χ4v) is 8.40. The quantitative estimate of drug-likeness (QED) is 0.490. The van der Waals surface area contributed by atoms with Crippen LogP contribution in [0.4, 0.5) is 0 Å². The first-order chi connectivity index (χ1) is 14.3. The van der Waals surface area contributed by atoms with Gasteiger partial charge in [-0.15, -0.1) is 0 Å². The highest BCUT2D eigenvalue weighted by molar-refractivity contribution is 5.93. The number of hydrogen-bond acceptors (Lipinski definition) is 4. The number of hydrogen-bond donors (Lipinski definition) is 2. The van der Waals surface area contributed by atoms with Crippen LogP contribution in [0.3, 0.4) is 0 Å². The standard InChI is InChI=1S/C26H42N2O2/c1-24(2)21-7-5-18-19-6-8-23(29)26(19,4)13-9-20(18)25(21,3)14-10-22(24)28-30-17-11-15-27-16-12-17/h7,17-20,23,27,29H,5-6,8-16H2,1-4H3/b28-22+/t18-,19-,20-,23-,25+,26-/m0/s1. The molecule has 0 unspecified atom stereocenters. The van der Waals surface area contributed by atoms with Crippen LogP contribution in [-0.4, -0.2) is 36.1 Å². The topological polar surface area (TPSA) is 53.9 Å². The van der Waals surface area contributed by atoms with Crippen molar-refractivity contribution in [1.82, 2.24) is 5.32 Å². The molecule has 1 heterocycles. The third-order valence-corrected chi connectivity index (χ3v) is 10.3. The van der Waals surface area contributed by atoms with Gasteiger partial charge in [0, 0.05) is 5.41 Å². The molecule has 5 aliphatic rings. The summed E-state index contributed by atoms with van der Waals surface area (Å²) < 4.78 is 0. The summed E-state index contributed by atoms with van der Waals surface area (Å²) in [6.07, 6.45) is 13.1. The van der Waals surface area contributed by atoms with E-state index < -0.39 is 0 Å². The van der Waals surface area contributed by atoms with E-state index >= 15 is 0 Å². The number of aliphatic hydroxyl groups excluding tert-OH is 1. The number of aliphatic hydroxyl groups is 1. The summed E-state index contributed by atoms with van der Waals surface area (Å²) in [7, 11) is 0. The molecule has 4 heteroatoms. The number of nitrogens with zero attached hydrogens (tertiary/aromatic N) is 1. The third kappa shape index (κ3) is 3.03. The molecule has 5 rings (SSSR count). The molecule has 30 heavy (non-hydrogen) atoms. The van der Waals surface area contributed by atoms with Crippen molar-refractivity contribution in [2.24, 2.45) is 39.2 Å². The van der Waals surface area contributed by atoms with Gasteiger partial charge >= 0.3 is 0 Å². The van der Waals surface area contributed by atoms with Crippen molar-refractivity contribution in [2.45, 2.75) is 97.7 Å². The van der Waals surface area contributed by atoms with E-state index in [0.717, 1.165) is 50.6 Å². The van der Waals surface area contributed by atoms with Gasteiger partial charge in [-0.05, 0) is 99.5 Å². The molecule has 0 aromatic heterocycles. The van der Waals surface area contributed by atoms with E-state index in [1.807, 2.05) is 0 Å². The second-order valence-electron chi connectivity index (χ2n) is 12.0. The Kier molecular flexibility index (Phi) is 5.13. The summed E-state index contributed by atoms with van der Waals surface area (Å²) >= 11 is 0. The molecule has 4 nitrogen and oxygen atoms in total. The molecular weight excluding hydrogens is 372 g/mol. The summed E-state index contributed by atoms with van der Waals surface area (Å²) in [6, 6.07) is 0. The Bertz CT molecular complexity index is 737. The van der Waals surface area contributed by atoms with Crippen molar-refractivity contribution in [2.75, 3.05) is 13.1 Å². The monoisotopic (exact) mass is 414 g/mol. The van der Waals surface area contributed by atoms with Gasteiger partial charge in [-0.2, -0.15) is 0 Å². The normalized spacial score (nSPS) is 47.2. The third-order valence-electron chi connectivity index (χ3n) is 10.3. The van der Waals surface area contributed by atoms with Crippen molar-refractivity contribution in [3.8, 4) is 0 Å². The van der Waals surface area contributed by atoms with Crippen molar-refractivity contribution in [3.63, 3.8) is 0 Å². The molecule has 1 saturated heterocycles. The summed E-state index contributed by atoms with van der Waals surface area (Å²) in [4.78, 5) is 6.05. The lowest BCUT2D eigenvalue weighted by Gasteiger charge is -2.60. The van der Waals surface area contributed by atoms with Gasteiger partial charge in [0.25, 0.3) is 0 Å². The van der Waals surface area contributed by atoms with Crippen molar-refractivity contribution in [3.05, 3.63) is 11.6 Å². The Morgan fingerprint density at radius 1 is 1.00 bits per heavy atom. The summed E-state index contributed by atoms with van der Waals surface area (Å²) in [6.45, 7) is 11.8. The number of piperidine rings is 1. The van der Waals surface area contributed by atoms with Crippen molar-refractivity contribution < 1.29 is 9.94 Å². The highest BCUT2D eigenvalue weighted by Crippen LogP contribution is 2.66. The molecule has 168 valence electrons. The maximum Gasteiger partial charge on any atom is 0.130 e. The van der Waals surface area contributed by atoms with Crippen LogP contribution in [0.1, 0.15) is 85.5 Å². The minimum Gasteiger partial charge on any atom is -0.393 e. The van der Waals surface area contributed by atoms with Crippen molar-refractivity contribution >= 4 is 5.71 Å². The summed E-state index contributed by atoms with van der Waals surface area (Å²) in [5.41, 5.74) is 3.29. The Hall–Kier alpha value is -0.870. The molecule has 0 spiro atoms. The Labute approximate surface area is 182 Å². The maximum absolute atomic E-state index is 10.7. The number of oxime groups is 1. The molecule has 4 aliphatic carbocycles. The summed E-state index contributed by atoms with van der Waals surface area (Å²) in [5.74, 6) is 2.20. The summed E-state index contributed by atoms with van der Waals surface area (Å²) in [5, 5.41) is 18.9. The lowest BCUT2D eigenvalue weighted by Crippen LogP contribution is -2.54. The number of rotatable bonds is 2. The molecule has 2 N–H and O–H groups in total. The zero-order valence-corrected chi connectivity index (χ0v) is 19.5. The van der Waals surface area contributed by atoms with Crippen LogP contribution in [0.2, 0.25) is 0 Å². The van der Waals surface area contributed by atoms with Crippen molar-refractivity contribution in [1.29, 1.82) is 0 Å². The first-order valence-electron chi connectivity index (χ1n) is 12.6. The Morgan fingerprint density at radius 3 is 2.53 bits per heavy atom. The molecule has 6 atom stereocenters. The van der Waals surface area contributed by atoms with E-state index in [2.05, 4.69) is 39.1 Å². The van der Waals surface area contributed by atoms with Gasteiger partial charge in [0.1, 0.15) is 6.10 Å². The minimum absolute atomic E-state index is 0.0131. The lowest BCUT2D eigenvalue weighted by atomic mass is 9.45. The van der Waals surface area contributed by atoms with E-state index in [4.69, 9.17) is 9.99 Å². The molecule has 0 bridgehead atoms. The first kappa shape index (κ1) is 21.0. The van der Waals surface area contributed by atoms with Gasteiger partial charge < -0.3 is 15.3 Å². The molecule has 0 aromatic carbocycles. The highest BCUT2D eigenvalue weighted by atomic mass is 16.6. The zero-order valence-electron chi connectivity index (χ0n) is 19.5. The number of fused-ring (bicyclic) bond motifs is 5. The second-order valence-corrected chi connectivity index (χ2v) is 12.0. The Balaban J connectivity index is 1.40. The molecule has 1 aliphatic heterocycles. The van der Waals surface area contributed by atoms with Crippen LogP contribution in [0.5, 0.6) is 0 Å². The lowest BCUT2D eigenvalue weighted by molar-refractivity contribution is -0.0671. The van der Waals surface area contributed by atoms with Gasteiger partial charge in [0.2, 0.25) is 0 Å². The van der Waals surface area contributed by atoms with Crippen LogP contribution in [0.15, 0.2) is 16.8 Å². The van der Waals surface area contributed by atoms with Gasteiger partial charge in [-0.1, -0.05) is 44.5 Å². The van der Waals surface area contributed by atoms with Crippen LogP contribution in [-0.2, 0) is 4.84 Å². The van der Waals surface area contributed by atoms with Gasteiger partial charge in [-0.3, -0.25) is 0 Å². The molecule has 0 amide bonds. The minimum atomic E-state index is -0.0877. The highest BCUT2D eigenvalue weighted by Gasteiger charge is 2.60. The van der Waals surface area contributed by atoms with E-state index in [1.165, 1.54) is 37.8 Å². The number of allylic oxidation sites excluding steroid dienone is 2. The fourth-order valence-electron chi connectivity index (χ4n) is 8.40. The van der Waals surface area contributed by atoms with Gasteiger partial charge in [-0.25, -0.2) is 0 Å². The molecule has 3 saturated carbocycles. The van der Waals surface area contributed by atoms with E-state index in [1.54, 1.807) is 5.57 Å². The predicted octanol–water partition coefficient (Wildman–Crippen LogP) is 5.07. The van der Waals surface area contributed by atoms with E-state index in [0.29, 0.717) is 5.92 Å². The maximum atomic E-state index is 10.7. The van der Waals surface area contributed by atoms with Crippen LogP contribution >= 0.6 is 0 Å². The zero-order chi connectivity index (χ0) is 21.1. The fraction of sp³-hybridized carbons (Fsp3) is 0.885. The first-order valence-corrected chi connectivity index (χ1v) is 12.6. The van der Waals surface area contributed by atoms with Crippen LogP contribution in [0, 0.1) is 34.0 Å². The molecule has 0 aromatic rings. The smallest absolute Gasteiger partial charge is 0.130 e. The second kappa shape index (κ2) is 7.33. The molecular formula is C26H42N2O2. The van der Waals surface area contributed by atoms with Gasteiger partial charge in [0.15, 0.2) is 0 Å². The van der Waals surface area contributed by atoms with E-state index in [-0.39, 0.29) is 28.5 Å². The Morgan fingerprint density at radius 2 is 1.77 bits per heavy atom. The van der Waals surface area contributed by atoms with E-state index in [9.17, 15) is 5.11 Å². The van der Waals surface area contributed by atoms with Crippen LogP contribution < -0.4 is 5.32 Å². The van der Waals surface area contributed by atoms with Gasteiger partial charge in [0.05, 0.1) is 11.8 Å². The van der Waals surface area contributed by atoms with Crippen LogP contribution in [0.25, 0.3) is 0 Å². The SMILES string of the molecule is CC1(C)C2=CC[C@H]3[C@@H]4CC[C@H](O)[C@@]4(C)CC[C@@H]3[C@@]2(C)CC/C1=N\OC1CCNCC1.